The van der Waals surface area contributed by atoms with Crippen LogP contribution in [0.3, 0.4) is 0 Å². The van der Waals surface area contributed by atoms with Crippen LogP contribution in [0.2, 0.25) is 0 Å². The minimum absolute atomic E-state index is 0.0295. The second-order valence-electron chi connectivity index (χ2n) is 4.79. The highest BCUT2D eigenvalue weighted by molar-refractivity contribution is 5.90. The summed E-state index contributed by atoms with van der Waals surface area (Å²) in [5.41, 5.74) is 6.14. The first-order chi connectivity index (χ1) is 8.66. The molecule has 2 aromatic rings. The molecule has 0 spiro atoms. The largest absolute Gasteiger partial charge is 0.326 e. The van der Waals surface area contributed by atoms with E-state index in [9.17, 15) is 4.79 Å². The Kier molecular flexibility index (Phi) is 2.44. The van der Waals surface area contributed by atoms with Gasteiger partial charge in [-0.25, -0.2) is 0 Å². The fraction of sp³-hybridized carbons (Fsp3) is 0.188. The summed E-state index contributed by atoms with van der Waals surface area (Å²) in [5.74, 6) is 0.364. The zero-order valence-corrected chi connectivity index (χ0v) is 10.5. The van der Waals surface area contributed by atoms with Crippen LogP contribution >= 0.6 is 0 Å². The van der Waals surface area contributed by atoms with Crippen molar-refractivity contribution in [3.8, 4) is 11.1 Å². The molecular formula is C16H15NO. The minimum atomic E-state index is -0.0295. The second-order valence-corrected chi connectivity index (χ2v) is 4.79. The van der Waals surface area contributed by atoms with Crippen molar-refractivity contribution in [2.45, 2.75) is 19.8 Å². The standard InChI is InChI=1S/C16H15NO/c1-10-13-5-3-4-6-14(13)15-8-7-12(9-16(10)15)17-11(2)18/h3-10H,1-2H3,(H,17,18). The summed E-state index contributed by atoms with van der Waals surface area (Å²) in [6, 6.07) is 14.6. The number of anilines is 1. The number of carbonyl (C=O) groups is 1. The Labute approximate surface area is 107 Å². The van der Waals surface area contributed by atoms with E-state index < -0.39 is 0 Å². The molecule has 0 saturated carbocycles. The summed E-state index contributed by atoms with van der Waals surface area (Å²) in [7, 11) is 0. The highest BCUT2D eigenvalue weighted by atomic mass is 16.1. The van der Waals surface area contributed by atoms with Gasteiger partial charge in [-0.1, -0.05) is 37.3 Å². The van der Waals surface area contributed by atoms with E-state index in [1.54, 1.807) is 0 Å². The molecule has 18 heavy (non-hydrogen) atoms. The lowest BCUT2D eigenvalue weighted by Gasteiger charge is -2.08. The normalized spacial score (nSPS) is 16.0. The van der Waals surface area contributed by atoms with E-state index >= 15 is 0 Å². The summed E-state index contributed by atoms with van der Waals surface area (Å²) in [6.45, 7) is 3.74. The van der Waals surface area contributed by atoms with Crippen LogP contribution in [0.5, 0.6) is 0 Å². The maximum absolute atomic E-state index is 11.1. The lowest BCUT2D eigenvalue weighted by molar-refractivity contribution is -0.114. The minimum Gasteiger partial charge on any atom is -0.326 e. The number of fused-ring (bicyclic) bond motifs is 3. The predicted molar refractivity (Wildman–Crippen MR) is 73.7 cm³/mol. The molecule has 1 amide bonds. The predicted octanol–water partition coefficient (Wildman–Crippen LogP) is 3.78. The third kappa shape index (κ3) is 1.61. The van der Waals surface area contributed by atoms with Crippen molar-refractivity contribution in [1.29, 1.82) is 0 Å². The number of amides is 1. The van der Waals surface area contributed by atoms with Crippen LogP contribution < -0.4 is 5.32 Å². The van der Waals surface area contributed by atoms with E-state index in [2.05, 4.69) is 48.6 Å². The van der Waals surface area contributed by atoms with Crippen LogP contribution in [-0.4, -0.2) is 5.91 Å². The molecule has 1 N–H and O–H groups in total. The van der Waals surface area contributed by atoms with Gasteiger partial charge < -0.3 is 5.32 Å². The Morgan fingerprint density at radius 2 is 1.78 bits per heavy atom. The molecule has 0 radical (unpaired) electrons. The summed E-state index contributed by atoms with van der Waals surface area (Å²) in [5, 5.41) is 2.84. The van der Waals surface area contributed by atoms with Gasteiger partial charge in [0.05, 0.1) is 0 Å². The van der Waals surface area contributed by atoms with Crippen LogP contribution in [-0.2, 0) is 4.79 Å². The van der Waals surface area contributed by atoms with Gasteiger partial charge in [-0.3, -0.25) is 4.79 Å². The van der Waals surface area contributed by atoms with E-state index in [1.807, 2.05) is 6.07 Å². The SMILES string of the molecule is CC(=O)Nc1ccc2c(c1)C(C)c1ccccc1-2. The van der Waals surface area contributed by atoms with Crippen LogP contribution in [0.1, 0.15) is 30.9 Å². The molecule has 2 nitrogen and oxygen atoms in total. The zero-order chi connectivity index (χ0) is 12.7. The lowest BCUT2D eigenvalue weighted by Crippen LogP contribution is -2.06. The average molecular weight is 237 g/mol. The number of hydrogen-bond donors (Lipinski definition) is 1. The smallest absolute Gasteiger partial charge is 0.221 e. The molecule has 0 heterocycles. The first-order valence-electron chi connectivity index (χ1n) is 6.17. The molecule has 3 rings (SSSR count). The number of nitrogens with one attached hydrogen (secondary N) is 1. The third-order valence-electron chi connectivity index (χ3n) is 3.56. The van der Waals surface area contributed by atoms with Crippen LogP contribution in [0, 0.1) is 0 Å². The first-order valence-corrected chi connectivity index (χ1v) is 6.17. The molecular weight excluding hydrogens is 222 g/mol. The Morgan fingerprint density at radius 1 is 1.06 bits per heavy atom. The fourth-order valence-corrected chi connectivity index (χ4v) is 2.73. The number of benzene rings is 2. The van der Waals surface area contributed by atoms with Gasteiger partial charge in [0.1, 0.15) is 0 Å². The molecule has 0 fully saturated rings. The molecule has 90 valence electrons. The van der Waals surface area contributed by atoms with Crippen molar-refractivity contribution in [1.82, 2.24) is 0 Å². The molecule has 1 atom stereocenters. The average Bonchev–Trinajstić information content (AvgIpc) is 2.63. The maximum Gasteiger partial charge on any atom is 0.221 e. The van der Waals surface area contributed by atoms with E-state index in [-0.39, 0.29) is 5.91 Å². The van der Waals surface area contributed by atoms with Crippen molar-refractivity contribution in [3.05, 3.63) is 53.6 Å². The van der Waals surface area contributed by atoms with Crippen molar-refractivity contribution in [2.75, 3.05) is 5.32 Å². The fourth-order valence-electron chi connectivity index (χ4n) is 2.73. The van der Waals surface area contributed by atoms with Gasteiger partial charge in [0.15, 0.2) is 0 Å². The van der Waals surface area contributed by atoms with Gasteiger partial charge >= 0.3 is 0 Å². The van der Waals surface area contributed by atoms with Crippen molar-refractivity contribution in [2.24, 2.45) is 0 Å². The van der Waals surface area contributed by atoms with Crippen molar-refractivity contribution < 1.29 is 4.79 Å². The maximum atomic E-state index is 11.1. The Bertz CT molecular complexity index is 631. The van der Waals surface area contributed by atoms with Gasteiger partial charge in [-0.2, -0.15) is 0 Å². The number of rotatable bonds is 1. The molecule has 1 unspecified atom stereocenters. The first kappa shape index (κ1) is 11.0. The summed E-state index contributed by atoms with van der Waals surface area (Å²) in [4.78, 5) is 11.1. The molecule has 1 aliphatic carbocycles. The van der Waals surface area contributed by atoms with Gasteiger partial charge in [0, 0.05) is 18.5 Å². The van der Waals surface area contributed by atoms with Gasteiger partial charge in [-0.05, 0) is 34.4 Å². The molecule has 1 aliphatic rings. The highest BCUT2D eigenvalue weighted by Gasteiger charge is 2.24. The Balaban J connectivity index is 2.10. The van der Waals surface area contributed by atoms with E-state index in [0.717, 1.165) is 5.69 Å². The second kappa shape index (κ2) is 3.98. The van der Waals surface area contributed by atoms with Crippen LogP contribution in [0.25, 0.3) is 11.1 Å². The zero-order valence-electron chi connectivity index (χ0n) is 10.5. The van der Waals surface area contributed by atoms with E-state index in [4.69, 9.17) is 0 Å². The molecule has 2 heteroatoms. The quantitative estimate of drug-likeness (QED) is 0.803. The van der Waals surface area contributed by atoms with Gasteiger partial charge in [0.2, 0.25) is 5.91 Å². The highest BCUT2D eigenvalue weighted by Crippen LogP contribution is 2.45. The molecule has 0 aliphatic heterocycles. The molecule has 0 saturated heterocycles. The van der Waals surface area contributed by atoms with Crippen molar-refractivity contribution in [3.63, 3.8) is 0 Å². The van der Waals surface area contributed by atoms with E-state index in [0.29, 0.717) is 5.92 Å². The molecule has 0 aromatic heterocycles. The Morgan fingerprint density at radius 3 is 2.56 bits per heavy atom. The van der Waals surface area contributed by atoms with Gasteiger partial charge in [-0.15, -0.1) is 0 Å². The monoisotopic (exact) mass is 237 g/mol. The van der Waals surface area contributed by atoms with E-state index in [1.165, 1.54) is 29.2 Å². The third-order valence-corrected chi connectivity index (χ3v) is 3.56. The Hall–Kier alpha value is -2.09. The summed E-state index contributed by atoms with van der Waals surface area (Å²) in [6.07, 6.45) is 0. The topological polar surface area (TPSA) is 29.1 Å². The molecule has 0 bridgehead atoms. The summed E-state index contributed by atoms with van der Waals surface area (Å²) < 4.78 is 0. The number of hydrogen-bond acceptors (Lipinski definition) is 1. The van der Waals surface area contributed by atoms with Crippen molar-refractivity contribution >= 4 is 11.6 Å². The lowest BCUT2D eigenvalue weighted by atomic mass is 9.99. The molecule has 2 aromatic carbocycles. The van der Waals surface area contributed by atoms with Crippen LogP contribution in [0.4, 0.5) is 5.69 Å². The van der Waals surface area contributed by atoms with Gasteiger partial charge in [0.25, 0.3) is 0 Å². The number of carbonyl (C=O) groups excluding carboxylic acids is 1. The summed E-state index contributed by atoms with van der Waals surface area (Å²) >= 11 is 0. The van der Waals surface area contributed by atoms with Crippen LogP contribution in [0.15, 0.2) is 42.5 Å².